The van der Waals surface area contributed by atoms with Crippen LogP contribution < -0.4 is 5.32 Å². The molecule has 0 aromatic heterocycles. The summed E-state index contributed by atoms with van der Waals surface area (Å²) in [4.78, 5) is 9.44. The van der Waals surface area contributed by atoms with Crippen molar-refractivity contribution in [2.24, 2.45) is 0 Å². The molecule has 4 nitrogen and oxygen atoms in total. The molecule has 0 saturated carbocycles. The van der Waals surface area contributed by atoms with Crippen molar-refractivity contribution in [1.29, 1.82) is 0 Å². The molecule has 7 heteroatoms. The molecule has 0 aliphatic heterocycles. The Morgan fingerprint density at radius 2 is 2.14 bits per heavy atom. The topological polar surface area (TPSA) is 55.2 Å². The normalized spacial score (nSPS) is 10.0. The van der Waals surface area contributed by atoms with Crippen molar-refractivity contribution in [3.8, 4) is 0 Å². The summed E-state index contributed by atoms with van der Waals surface area (Å²) >= 11 is 5.17. The van der Waals surface area contributed by atoms with E-state index in [-0.39, 0.29) is 5.69 Å². The zero-order valence-electron chi connectivity index (χ0n) is 6.97. The lowest BCUT2D eigenvalue weighted by Gasteiger charge is -2.04. The average Bonchev–Trinajstić information content (AvgIpc) is 2.12. The van der Waals surface area contributed by atoms with Crippen LogP contribution in [0.3, 0.4) is 0 Å². The fraction of sp³-hybridized carbons (Fsp3) is 0.143. The second kappa shape index (κ2) is 3.75. The minimum Gasteiger partial charge on any atom is -0.382 e. The minimum atomic E-state index is -1.37. The van der Waals surface area contributed by atoms with E-state index in [0.29, 0.717) is 0 Å². The molecule has 0 saturated heterocycles. The lowest BCUT2D eigenvalue weighted by Crippen LogP contribution is -2.01. The molecule has 0 amide bonds. The van der Waals surface area contributed by atoms with E-state index in [4.69, 9.17) is 11.6 Å². The Kier molecular flexibility index (Phi) is 2.85. The summed E-state index contributed by atoms with van der Waals surface area (Å²) in [5.41, 5.74) is -1.12. The van der Waals surface area contributed by atoms with Gasteiger partial charge in [-0.1, -0.05) is 11.6 Å². The van der Waals surface area contributed by atoms with E-state index < -0.39 is 27.3 Å². The number of benzene rings is 1. The van der Waals surface area contributed by atoms with Gasteiger partial charge in [-0.05, 0) is 0 Å². The number of rotatable bonds is 2. The molecule has 0 atom stereocenters. The van der Waals surface area contributed by atoms with Gasteiger partial charge in [-0.25, -0.2) is 4.39 Å². The highest BCUT2D eigenvalue weighted by molar-refractivity contribution is 6.31. The molecule has 76 valence electrons. The lowest BCUT2D eigenvalue weighted by molar-refractivity contribution is -0.386. The molecule has 0 aliphatic rings. The third-order valence-corrected chi connectivity index (χ3v) is 1.93. The van der Waals surface area contributed by atoms with Gasteiger partial charge in [-0.2, -0.15) is 4.39 Å². The van der Waals surface area contributed by atoms with Gasteiger partial charge in [-0.15, -0.1) is 0 Å². The monoisotopic (exact) mass is 222 g/mol. The van der Waals surface area contributed by atoms with Gasteiger partial charge in [0, 0.05) is 13.1 Å². The van der Waals surface area contributed by atoms with Gasteiger partial charge in [0.05, 0.1) is 4.92 Å². The number of nitrogens with zero attached hydrogens (tertiary/aromatic N) is 1. The number of anilines is 1. The zero-order chi connectivity index (χ0) is 10.9. The largest absolute Gasteiger partial charge is 0.382 e. The van der Waals surface area contributed by atoms with Crippen molar-refractivity contribution < 1.29 is 13.7 Å². The number of nitro groups is 1. The van der Waals surface area contributed by atoms with E-state index in [1.165, 1.54) is 7.05 Å². The van der Waals surface area contributed by atoms with Gasteiger partial charge in [0.15, 0.2) is 0 Å². The molecule has 0 radical (unpaired) electrons. The Morgan fingerprint density at radius 3 is 2.57 bits per heavy atom. The number of hydrogen-bond acceptors (Lipinski definition) is 3. The van der Waals surface area contributed by atoms with Crippen LogP contribution in [-0.4, -0.2) is 12.0 Å². The second-order valence-electron chi connectivity index (χ2n) is 2.39. The summed E-state index contributed by atoms with van der Waals surface area (Å²) in [6.45, 7) is 0. The van der Waals surface area contributed by atoms with Gasteiger partial charge in [0.25, 0.3) is 0 Å². The standard InChI is InChI=1S/C7H5ClF2N2O2/c1-11-4-2-3(9)5(8)6(10)7(4)12(13)14/h2,11H,1H3. The smallest absolute Gasteiger partial charge is 0.329 e. The van der Waals surface area contributed by atoms with E-state index in [1.54, 1.807) is 0 Å². The third kappa shape index (κ3) is 1.60. The summed E-state index contributed by atoms with van der Waals surface area (Å²) < 4.78 is 25.9. The van der Waals surface area contributed by atoms with Crippen LogP contribution in [0.2, 0.25) is 5.02 Å². The molecule has 0 spiro atoms. The Bertz CT molecular complexity index is 398. The first-order chi connectivity index (χ1) is 6.49. The number of nitro benzene ring substituents is 1. The third-order valence-electron chi connectivity index (χ3n) is 1.59. The Hall–Kier alpha value is -1.43. The Morgan fingerprint density at radius 1 is 1.57 bits per heavy atom. The first-order valence-corrected chi connectivity index (χ1v) is 3.86. The van der Waals surface area contributed by atoms with E-state index in [9.17, 15) is 18.9 Å². The van der Waals surface area contributed by atoms with Gasteiger partial charge in [0.1, 0.15) is 16.5 Å². The summed E-state index contributed by atoms with van der Waals surface area (Å²) in [7, 11) is 1.31. The fourth-order valence-electron chi connectivity index (χ4n) is 0.955. The van der Waals surface area contributed by atoms with E-state index in [1.807, 2.05) is 0 Å². The maximum Gasteiger partial charge on any atom is 0.329 e. The predicted molar refractivity (Wildman–Crippen MR) is 47.6 cm³/mol. The highest BCUT2D eigenvalue weighted by Crippen LogP contribution is 2.34. The van der Waals surface area contributed by atoms with Gasteiger partial charge in [-0.3, -0.25) is 10.1 Å². The SMILES string of the molecule is CNc1cc(F)c(Cl)c(F)c1[N+](=O)[O-]. The molecule has 0 heterocycles. The molecule has 1 aromatic carbocycles. The predicted octanol–water partition coefficient (Wildman–Crippen LogP) is 2.57. The minimum absolute atomic E-state index is 0.255. The summed E-state index contributed by atoms with van der Waals surface area (Å²) in [5.74, 6) is -2.42. The highest BCUT2D eigenvalue weighted by Gasteiger charge is 2.25. The van der Waals surface area contributed by atoms with Crippen LogP contribution in [0, 0.1) is 21.7 Å². The molecular formula is C7H5ClF2N2O2. The maximum absolute atomic E-state index is 13.1. The van der Waals surface area contributed by atoms with Crippen molar-refractivity contribution in [2.75, 3.05) is 12.4 Å². The van der Waals surface area contributed by atoms with Crippen LogP contribution in [0.5, 0.6) is 0 Å². The molecule has 14 heavy (non-hydrogen) atoms. The first kappa shape index (κ1) is 10.6. The molecule has 0 unspecified atom stereocenters. The quantitative estimate of drug-likeness (QED) is 0.475. The van der Waals surface area contributed by atoms with E-state index >= 15 is 0 Å². The average molecular weight is 223 g/mol. The van der Waals surface area contributed by atoms with Crippen molar-refractivity contribution in [3.05, 3.63) is 32.8 Å². The molecule has 1 rings (SSSR count). The van der Waals surface area contributed by atoms with Crippen LogP contribution in [0.1, 0.15) is 0 Å². The molecular weight excluding hydrogens is 218 g/mol. The zero-order valence-corrected chi connectivity index (χ0v) is 7.73. The molecule has 1 aromatic rings. The van der Waals surface area contributed by atoms with Gasteiger partial charge < -0.3 is 5.32 Å². The maximum atomic E-state index is 13.1. The highest BCUT2D eigenvalue weighted by atomic mass is 35.5. The first-order valence-electron chi connectivity index (χ1n) is 3.48. The molecule has 0 bridgehead atoms. The van der Waals surface area contributed by atoms with Crippen LogP contribution in [0.4, 0.5) is 20.2 Å². The van der Waals surface area contributed by atoms with Crippen molar-refractivity contribution in [2.45, 2.75) is 0 Å². The summed E-state index contributed by atoms with van der Waals surface area (Å²) in [5, 5.41) is 11.8. The van der Waals surface area contributed by atoms with Crippen LogP contribution in [0.15, 0.2) is 6.07 Å². The summed E-state index contributed by atoms with van der Waals surface area (Å²) in [6, 6.07) is 0.767. The Labute approximate surface area is 82.6 Å². The van der Waals surface area contributed by atoms with Gasteiger partial charge in [0.2, 0.25) is 5.82 Å². The number of halogens is 3. The van der Waals surface area contributed by atoms with Crippen LogP contribution in [-0.2, 0) is 0 Å². The fourth-order valence-corrected chi connectivity index (χ4v) is 1.10. The molecule has 1 N–H and O–H groups in total. The number of nitrogens with one attached hydrogen (secondary N) is 1. The van der Waals surface area contributed by atoms with Crippen molar-refractivity contribution >= 4 is 23.0 Å². The summed E-state index contributed by atoms with van der Waals surface area (Å²) in [6.07, 6.45) is 0. The van der Waals surface area contributed by atoms with Gasteiger partial charge >= 0.3 is 5.69 Å². The van der Waals surface area contributed by atoms with E-state index in [0.717, 1.165) is 6.07 Å². The number of hydrogen-bond donors (Lipinski definition) is 1. The second-order valence-corrected chi connectivity index (χ2v) is 2.77. The van der Waals surface area contributed by atoms with Crippen LogP contribution >= 0.6 is 11.6 Å². The van der Waals surface area contributed by atoms with Crippen molar-refractivity contribution in [1.82, 2.24) is 0 Å². The van der Waals surface area contributed by atoms with Crippen LogP contribution in [0.25, 0.3) is 0 Å². The van der Waals surface area contributed by atoms with Crippen molar-refractivity contribution in [3.63, 3.8) is 0 Å². The Balaban J connectivity index is 3.53. The molecule has 0 aliphatic carbocycles. The molecule has 0 fully saturated rings. The van der Waals surface area contributed by atoms with E-state index in [2.05, 4.69) is 5.32 Å². The lowest BCUT2D eigenvalue weighted by atomic mass is 10.2.